The van der Waals surface area contributed by atoms with Crippen LogP contribution in [0.5, 0.6) is 5.75 Å². The molecule has 3 rings (SSSR count). The van der Waals surface area contributed by atoms with E-state index in [1.54, 1.807) is 19.2 Å². The van der Waals surface area contributed by atoms with Gasteiger partial charge in [-0.3, -0.25) is 4.79 Å². The molecule has 3 aromatic rings. The molecule has 0 aliphatic carbocycles. The highest BCUT2D eigenvalue weighted by molar-refractivity contribution is 8.00. The number of ether oxygens (including phenoxy) is 1. The van der Waals surface area contributed by atoms with Gasteiger partial charge in [-0.25, -0.2) is 9.37 Å². The molecule has 7 heteroatoms. The molecule has 0 radical (unpaired) electrons. The smallest absolute Gasteiger partial charge is 0.226 e. The fourth-order valence-corrected chi connectivity index (χ4v) is 4.29. The van der Waals surface area contributed by atoms with Crippen LogP contribution in [0.4, 0.5) is 4.39 Å². The van der Waals surface area contributed by atoms with Gasteiger partial charge >= 0.3 is 0 Å². The van der Waals surface area contributed by atoms with Crippen molar-refractivity contribution >= 4 is 29.0 Å². The molecule has 1 heterocycles. The fourth-order valence-electron chi connectivity index (χ4n) is 2.46. The number of hydrogen-bond donors (Lipinski definition) is 1. The lowest BCUT2D eigenvalue weighted by atomic mass is 10.2. The van der Waals surface area contributed by atoms with Gasteiger partial charge in [-0.15, -0.1) is 11.3 Å². The van der Waals surface area contributed by atoms with Crippen LogP contribution in [0.3, 0.4) is 0 Å². The van der Waals surface area contributed by atoms with Crippen LogP contribution in [0.1, 0.15) is 16.8 Å². The van der Waals surface area contributed by atoms with E-state index >= 15 is 0 Å². The van der Waals surface area contributed by atoms with Crippen molar-refractivity contribution < 1.29 is 13.9 Å². The average molecular weight is 403 g/mol. The molecular weight excluding hydrogens is 383 g/mol. The number of benzene rings is 2. The molecule has 0 fully saturated rings. The molecule has 0 atom stereocenters. The van der Waals surface area contributed by atoms with Crippen molar-refractivity contribution in [2.24, 2.45) is 0 Å². The van der Waals surface area contributed by atoms with Gasteiger partial charge in [0.15, 0.2) is 0 Å². The molecule has 0 spiro atoms. The summed E-state index contributed by atoms with van der Waals surface area (Å²) in [6.07, 6.45) is 0.214. The highest BCUT2D eigenvalue weighted by Gasteiger charge is 2.10. The summed E-state index contributed by atoms with van der Waals surface area (Å²) in [5, 5.41) is 4.75. The Morgan fingerprint density at radius 1 is 1.19 bits per heavy atom. The van der Waals surface area contributed by atoms with E-state index in [-0.39, 0.29) is 18.1 Å². The summed E-state index contributed by atoms with van der Waals surface area (Å²) in [7, 11) is 1.61. The number of nitrogens with zero attached hydrogens (tertiary/aromatic N) is 1. The molecule has 0 saturated carbocycles. The molecule has 140 valence electrons. The average Bonchev–Trinajstić information content (AvgIpc) is 3.13. The van der Waals surface area contributed by atoms with Crippen molar-refractivity contribution in [2.45, 2.75) is 23.1 Å². The topological polar surface area (TPSA) is 51.2 Å². The van der Waals surface area contributed by atoms with E-state index in [1.807, 2.05) is 35.7 Å². The van der Waals surface area contributed by atoms with Gasteiger partial charge in [0, 0.05) is 23.2 Å². The summed E-state index contributed by atoms with van der Waals surface area (Å²) in [6.45, 7) is 0.405. The Balaban J connectivity index is 1.50. The number of thiazole rings is 1. The lowest BCUT2D eigenvalue weighted by Crippen LogP contribution is -2.24. The normalized spacial score (nSPS) is 10.6. The van der Waals surface area contributed by atoms with Gasteiger partial charge in [-0.2, -0.15) is 0 Å². The van der Waals surface area contributed by atoms with E-state index in [9.17, 15) is 9.18 Å². The Labute approximate surface area is 165 Å². The van der Waals surface area contributed by atoms with E-state index in [2.05, 4.69) is 10.3 Å². The second-order valence-corrected chi connectivity index (χ2v) is 7.83. The highest BCUT2D eigenvalue weighted by Crippen LogP contribution is 2.27. The van der Waals surface area contributed by atoms with E-state index in [1.165, 1.54) is 29.2 Å². The minimum absolute atomic E-state index is 0.100. The molecule has 0 aliphatic rings. The number of halogens is 1. The van der Waals surface area contributed by atoms with Gasteiger partial charge < -0.3 is 10.1 Å². The zero-order valence-corrected chi connectivity index (χ0v) is 16.4. The van der Waals surface area contributed by atoms with Crippen LogP contribution in [0, 0.1) is 5.82 Å². The Kier molecular flexibility index (Phi) is 6.84. The lowest BCUT2D eigenvalue weighted by molar-refractivity contribution is -0.120. The number of nitrogens with one attached hydrogen (secondary N) is 1. The third-order valence-corrected chi connectivity index (χ3v) is 5.97. The third kappa shape index (κ3) is 5.55. The predicted molar refractivity (Wildman–Crippen MR) is 107 cm³/mol. The van der Waals surface area contributed by atoms with E-state index in [4.69, 9.17) is 4.74 Å². The molecule has 1 aromatic heterocycles. The molecule has 0 aliphatic heterocycles. The molecule has 0 bridgehead atoms. The van der Waals surface area contributed by atoms with Crippen LogP contribution >= 0.6 is 23.1 Å². The fraction of sp³-hybridized carbons (Fsp3) is 0.200. The SMILES string of the molecule is COc1ccccc1CNC(=O)Cc1csc(SCc2ccccc2F)n1. The number of thioether (sulfide) groups is 1. The van der Waals surface area contributed by atoms with Crippen molar-refractivity contribution in [1.82, 2.24) is 10.3 Å². The first-order valence-electron chi connectivity index (χ1n) is 8.35. The summed E-state index contributed by atoms with van der Waals surface area (Å²) in [5.41, 5.74) is 2.29. The first-order valence-corrected chi connectivity index (χ1v) is 10.2. The second-order valence-electron chi connectivity index (χ2n) is 5.75. The number of hydrogen-bond acceptors (Lipinski definition) is 5. The quantitative estimate of drug-likeness (QED) is 0.566. The zero-order valence-electron chi connectivity index (χ0n) is 14.8. The molecule has 2 aromatic carbocycles. The van der Waals surface area contributed by atoms with Crippen LogP contribution in [-0.4, -0.2) is 18.0 Å². The second kappa shape index (κ2) is 9.53. The number of para-hydroxylation sites is 1. The maximum atomic E-state index is 13.7. The standard InChI is InChI=1S/C20H19FN2O2S2/c1-25-18-9-5-3-6-14(18)11-22-19(24)10-16-13-27-20(23-16)26-12-15-7-2-4-8-17(15)21/h2-9,13H,10-12H2,1H3,(H,22,24). The maximum absolute atomic E-state index is 13.7. The lowest BCUT2D eigenvalue weighted by Gasteiger charge is -2.09. The molecule has 0 saturated heterocycles. The minimum Gasteiger partial charge on any atom is -0.496 e. The summed E-state index contributed by atoms with van der Waals surface area (Å²) in [6, 6.07) is 14.3. The molecule has 0 unspecified atom stereocenters. The van der Waals surface area contributed by atoms with Crippen molar-refractivity contribution in [3.05, 3.63) is 76.5 Å². The van der Waals surface area contributed by atoms with E-state index < -0.39 is 0 Å². The highest BCUT2D eigenvalue weighted by atomic mass is 32.2. The van der Waals surface area contributed by atoms with Crippen molar-refractivity contribution in [3.8, 4) is 5.75 Å². The Hall–Kier alpha value is -2.38. The third-order valence-electron chi connectivity index (χ3n) is 3.85. The van der Waals surface area contributed by atoms with Gasteiger partial charge in [-0.05, 0) is 17.7 Å². The zero-order chi connectivity index (χ0) is 19.1. The Morgan fingerprint density at radius 2 is 1.93 bits per heavy atom. The number of rotatable bonds is 8. The van der Waals surface area contributed by atoms with E-state index in [0.29, 0.717) is 23.6 Å². The van der Waals surface area contributed by atoms with Gasteiger partial charge in [0.1, 0.15) is 15.9 Å². The number of carbonyl (C=O) groups is 1. The molecule has 1 N–H and O–H groups in total. The van der Waals surface area contributed by atoms with Gasteiger partial charge in [0.05, 0.1) is 19.2 Å². The molecular formula is C20H19FN2O2S2. The van der Waals surface area contributed by atoms with Crippen molar-refractivity contribution in [1.29, 1.82) is 0 Å². The number of aromatic nitrogens is 1. The van der Waals surface area contributed by atoms with Crippen LogP contribution < -0.4 is 10.1 Å². The summed E-state index contributed by atoms with van der Waals surface area (Å²) >= 11 is 2.94. The number of carbonyl (C=O) groups excluding carboxylic acids is 1. The number of methoxy groups -OCH3 is 1. The maximum Gasteiger partial charge on any atom is 0.226 e. The number of amides is 1. The summed E-state index contributed by atoms with van der Waals surface area (Å²) in [5.74, 6) is 0.951. The van der Waals surface area contributed by atoms with Crippen LogP contribution in [0.2, 0.25) is 0 Å². The molecule has 27 heavy (non-hydrogen) atoms. The Bertz CT molecular complexity index is 914. The van der Waals surface area contributed by atoms with Gasteiger partial charge in [0.2, 0.25) is 5.91 Å². The minimum atomic E-state index is -0.211. The largest absolute Gasteiger partial charge is 0.496 e. The van der Waals surface area contributed by atoms with Gasteiger partial charge in [-0.1, -0.05) is 48.2 Å². The Morgan fingerprint density at radius 3 is 2.70 bits per heavy atom. The van der Waals surface area contributed by atoms with E-state index in [0.717, 1.165) is 15.7 Å². The summed E-state index contributed by atoms with van der Waals surface area (Å²) in [4.78, 5) is 16.6. The van der Waals surface area contributed by atoms with Crippen LogP contribution in [0.25, 0.3) is 0 Å². The molecule has 1 amide bonds. The first kappa shape index (κ1) is 19.4. The molecule has 4 nitrogen and oxygen atoms in total. The van der Waals surface area contributed by atoms with Crippen LogP contribution in [-0.2, 0) is 23.5 Å². The first-order chi connectivity index (χ1) is 13.2. The van der Waals surface area contributed by atoms with Crippen molar-refractivity contribution in [3.63, 3.8) is 0 Å². The van der Waals surface area contributed by atoms with Crippen molar-refractivity contribution in [2.75, 3.05) is 7.11 Å². The summed E-state index contributed by atoms with van der Waals surface area (Å²) < 4.78 is 19.8. The van der Waals surface area contributed by atoms with Gasteiger partial charge in [0.25, 0.3) is 0 Å². The van der Waals surface area contributed by atoms with Crippen LogP contribution in [0.15, 0.2) is 58.3 Å². The predicted octanol–water partition coefficient (Wildman–Crippen LogP) is 4.44. The monoisotopic (exact) mass is 402 g/mol.